The zero-order chi connectivity index (χ0) is 10.8. The van der Waals surface area contributed by atoms with E-state index in [2.05, 4.69) is 20.5 Å². The van der Waals surface area contributed by atoms with Crippen LogP contribution in [0.5, 0.6) is 0 Å². The lowest BCUT2D eigenvalue weighted by molar-refractivity contribution is 0.428. The summed E-state index contributed by atoms with van der Waals surface area (Å²) in [5.74, 6) is 2.05. The molecule has 2 fully saturated rings. The summed E-state index contributed by atoms with van der Waals surface area (Å²) in [7, 11) is 0. The van der Waals surface area contributed by atoms with Crippen molar-refractivity contribution in [3.63, 3.8) is 0 Å². The van der Waals surface area contributed by atoms with E-state index in [1.165, 1.54) is 44.7 Å². The van der Waals surface area contributed by atoms with Crippen molar-refractivity contribution < 1.29 is 0 Å². The Kier molecular flexibility index (Phi) is 3.00. The fourth-order valence-corrected chi connectivity index (χ4v) is 2.71. The zero-order valence-corrected chi connectivity index (χ0v) is 9.91. The summed E-state index contributed by atoms with van der Waals surface area (Å²) < 4.78 is 0. The summed E-state index contributed by atoms with van der Waals surface area (Å²) >= 11 is 0. The maximum Gasteiger partial charge on any atom is 0.194 e. The lowest BCUT2D eigenvalue weighted by atomic mass is 10.1. The Balaban J connectivity index is 1.40. The lowest BCUT2D eigenvalue weighted by Crippen LogP contribution is -2.40. The van der Waals surface area contributed by atoms with Gasteiger partial charge in [0, 0.05) is 19.1 Å². The summed E-state index contributed by atoms with van der Waals surface area (Å²) in [4.78, 5) is 7.02. The van der Waals surface area contributed by atoms with Crippen LogP contribution in [-0.4, -0.2) is 49.6 Å². The van der Waals surface area contributed by atoms with Crippen LogP contribution >= 0.6 is 0 Å². The van der Waals surface area contributed by atoms with Gasteiger partial charge in [0.2, 0.25) is 0 Å². The van der Waals surface area contributed by atoms with Gasteiger partial charge in [0.25, 0.3) is 0 Å². The Hall–Kier alpha value is -0.770. The zero-order valence-electron chi connectivity index (χ0n) is 9.91. The fourth-order valence-electron chi connectivity index (χ4n) is 2.71. The highest BCUT2D eigenvalue weighted by Gasteiger charge is 2.33. The molecule has 1 atom stereocenters. The average Bonchev–Trinajstić information content (AvgIpc) is 2.82. The minimum absolute atomic E-state index is 0.807. The number of aliphatic imine (C=N–C) groups is 1. The first-order valence-electron chi connectivity index (χ1n) is 6.69. The number of nitrogens with zero attached hydrogens (tertiary/aromatic N) is 2. The molecule has 0 aromatic rings. The highest BCUT2D eigenvalue weighted by molar-refractivity contribution is 5.82. The molecule has 2 heterocycles. The molecular weight excluding hydrogens is 200 g/mol. The van der Waals surface area contributed by atoms with Gasteiger partial charge in [-0.25, -0.2) is 0 Å². The Bertz CT molecular complexity index is 266. The summed E-state index contributed by atoms with van der Waals surface area (Å²) in [6.07, 6.45) is 5.37. The molecular formula is C12H22N4. The smallest absolute Gasteiger partial charge is 0.194 e. The molecule has 2 N–H and O–H groups in total. The first-order valence-corrected chi connectivity index (χ1v) is 6.69. The third-order valence-electron chi connectivity index (χ3n) is 3.86. The molecule has 3 rings (SSSR count). The first-order chi connectivity index (χ1) is 7.93. The summed E-state index contributed by atoms with van der Waals surface area (Å²) in [6, 6.07) is 0.807. The normalized spacial score (nSPS) is 29.6. The van der Waals surface area contributed by atoms with Crippen molar-refractivity contribution in [2.75, 3.05) is 32.7 Å². The van der Waals surface area contributed by atoms with Gasteiger partial charge in [0.05, 0.1) is 6.54 Å². The number of nitrogens with one attached hydrogen (secondary N) is 2. The van der Waals surface area contributed by atoms with E-state index < -0.39 is 0 Å². The lowest BCUT2D eigenvalue weighted by Gasteiger charge is -2.21. The molecule has 4 heteroatoms. The van der Waals surface area contributed by atoms with E-state index in [-0.39, 0.29) is 0 Å². The molecule has 0 spiro atoms. The molecule has 0 radical (unpaired) electrons. The van der Waals surface area contributed by atoms with E-state index in [9.17, 15) is 0 Å². The summed E-state index contributed by atoms with van der Waals surface area (Å²) in [6.45, 7) is 5.64. The van der Waals surface area contributed by atoms with Crippen molar-refractivity contribution in [3.8, 4) is 0 Å². The Labute approximate surface area is 97.5 Å². The average molecular weight is 222 g/mol. The van der Waals surface area contributed by atoms with Crippen LogP contribution < -0.4 is 10.6 Å². The maximum atomic E-state index is 4.56. The summed E-state index contributed by atoms with van der Waals surface area (Å²) in [5.41, 5.74) is 0. The van der Waals surface area contributed by atoms with Gasteiger partial charge in [-0.15, -0.1) is 0 Å². The highest BCUT2D eigenvalue weighted by atomic mass is 15.4. The Morgan fingerprint density at radius 3 is 3.06 bits per heavy atom. The Morgan fingerprint density at radius 1 is 1.38 bits per heavy atom. The minimum Gasteiger partial charge on any atom is -0.356 e. The summed E-state index contributed by atoms with van der Waals surface area (Å²) in [5, 5.41) is 6.95. The molecule has 1 aliphatic carbocycles. The van der Waals surface area contributed by atoms with Gasteiger partial charge in [0.1, 0.15) is 0 Å². The van der Waals surface area contributed by atoms with Crippen molar-refractivity contribution in [2.24, 2.45) is 10.9 Å². The third kappa shape index (κ3) is 2.32. The maximum absolute atomic E-state index is 4.56. The van der Waals surface area contributed by atoms with Gasteiger partial charge in [-0.1, -0.05) is 0 Å². The monoisotopic (exact) mass is 222 g/mol. The number of hydrogen-bond donors (Lipinski definition) is 2. The molecule has 0 aromatic heterocycles. The van der Waals surface area contributed by atoms with E-state index >= 15 is 0 Å². The van der Waals surface area contributed by atoms with Gasteiger partial charge in [-0.3, -0.25) is 4.99 Å². The van der Waals surface area contributed by atoms with Crippen molar-refractivity contribution in [3.05, 3.63) is 0 Å². The molecule has 4 nitrogen and oxygen atoms in total. The predicted molar refractivity (Wildman–Crippen MR) is 65.6 cm³/mol. The molecule has 1 saturated carbocycles. The number of rotatable bonds is 4. The minimum atomic E-state index is 0.807. The van der Waals surface area contributed by atoms with Crippen LogP contribution in [0.2, 0.25) is 0 Å². The molecule has 0 aromatic carbocycles. The SMILES string of the molecule is C1CN(C2CC2)C(NCCC2CCNC2)=N1. The third-order valence-corrected chi connectivity index (χ3v) is 3.86. The number of guanidine groups is 1. The largest absolute Gasteiger partial charge is 0.356 e. The van der Waals surface area contributed by atoms with E-state index in [0.717, 1.165) is 31.6 Å². The van der Waals surface area contributed by atoms with Gasteiger partial charge in [-0.2, -0.15) is 0 Å². The van der Waals surface area contributed by atoms with Crippen LogP contribution in [0.15, 0.2) is 4.99 Å². The van der Waals surface area contributed by atoms with Crippen molar-refractivity contribution in [2.45, 2.75) is 31.7 Å². The molecule has 0 amide bonds. The van der Waals surface area contributed by atoms with Gasteiger partial charge in [0.15, 0.2) is 5.96 Å². The van der Waals surface area contributed by atoms with Crippen LogP contribution in [0.3, 0.4) is 0 Å². The molecule has 3 aliphatic rings. The second kappa shape index (κ2) is 4.62. The topological polar surface area (TPSA) is 39.7 Å². The quantitative estimate of drug-likeness (QED) is 0.724. The predicted octanol–water partition coefficient (Wildman–Crippen LogP) is 0.410. The van der Waals surface area contributed by atoms with Crippen LogP contribution in [0.25, 0.3) is 0 Å². The van der Waals surface area contributed by atoms with E-state index in [1.54, 1.807) is 0 Å². The standard InChI is InChI=1S/C12H22N4/c1-2-11(1)16-8-7-15-12(16)14-6-4-10-3-5-13-9-10/h10-11,13H,1-9H2,(H,14,15). The highest BCUT2D eigenvalue weighted by Crippen LogP contribution is 2.28. The Morgan fingerprint density at radius 2 is 2.31 bits per heavy atom. The van der Waals surface area contributed by atoms with Crippen molar-refractivity contribution in [1.29, 1.82) is 0 Å². The molecule has 1 unspecified atom stereocenters. The van der Waals surface area contributed by atoms with E-state index in [0.29, 0.717) is 0 Å². The molecule has 1 saturated heterocycles. The van der Waals surface area contributed by atoms with Crippen molar-refractivity contribution >= 4 is 5.96 Å². The second-order valence-electron chi connectivity index (χ2n) is 5.20. The van der Waals surface area contributed by atoms with E-state index in [1.807, 2.05) is 0 Å². The van der Waals surface area contributed by atoms with Crippen LogP contribution in [0.4, 0.5) is 0 Å². The molecule has 90 valence electrons. The molecule has 16 heavy (non-hydrogen) atoms. The fraction of sp³-hybridized carbons (Fsp3) is 0.917. The first kappa shape index (κ1) is 10.4. The van der Waals surface area contributed by atoms with Crippen LogP contribution in [-0.2, 0) is 0 Å². The van der Waals surface area contributed by atoms with Gasteiger partial charge in [-0.05, 0) is 44.7 Å². The van der Waals surface area contributed by atoms with Gasteiger partial charge >= 0.3 is 0 Å². The van der Waals surface area contributed by atoms with Gasteiger partial charge < -0.3 is 15.5 Å². The number of hydrogen-bond acceptors (Lipinski definition) is 4. The molecule has 2 aliphatic heterocycles. The van der Waals surface area contributed by atoms with Crippen molar-refractivity contribution in [1.82, 2.24) is 15.5 Å². The second-order valence-corrected chi connectivity index (χ2v) is 5.20. The van der Waals surface area contributed by atoms with E-state index in [4.69, 9.17) is 0 Å². The van der Waals surface area contributed by atoms with Crippen LogP contribution in [0.1, 0.15) is 25.7 Å². The van der Waals surface area contributed by atoms with Crippen LogP contribution in [0, 0.1) is 5.92 Å². The molecule has 0 bridgehead atoms.